The zero-order valence-electron chi connectivity index (χ0n) is 11.9. The minimum atomic E-state index is -0.224. The van der Waals surface area contributed by atoms with E-state index in [9.17, 15) is 4.79 Å². The summed E-state index contributed by atoms with van der Waals surface area (Å²) < 4.78 is 0. The van der Waals surface area contributed by atoms with E-state index in [1.807, 2.05) is 17.8 Å². The fourth-order valence-corrected chi connectivity index (χ4v) is 3.07. The van der Waals surface area contributed by atoms with Gasteiger partial charge in [0.2, 0.25) is 5.91 Å². The second kappa shape index (κ2) is 5.84. The fourth-order valence-electron chi connectivity index (χ4n) is 2.36. The fraction of sp³-hybridized carbons (Fsp3) is 0.500. The molecule has 0 spiro atoms. The average Bonchev–Trinajstić information content (AvgIpc) is 2.72. The van der Waals surface area contributed by atoms with Crippen LogP contribution in [0.5, 0.6) is 0 Å². The van der Waals surface area contributed by atoms with Crippen LogP contribution in [0.3, 0.4) is 0 Å². The van der Waals surface area contributed by atoms with Gasteiger partial charge < -0.3 is 15.5 Å². The minimum absolute atomic E-state index is 0.0227. The van der Waals surface area contributed by atoms with Gasteiger partial charge in [0.05, 0.1) is 0 Å². The molecule has 0 aromatic heterocycles. The minimum Gasteiger partial charge on any atom is -0.371 e. The Bertz CT molecular complexity index is 478. The second-order valence-electron chi connectivity index (χ2n) is 4.90. The Kier molecular flexibility index (Phi) is 4.37. The van der Waals surface area contributed by atoms with E-state index in [0.29, 0.717) is 6.04 Å². The van der Waals surface area contributed by atoms with Gasteiger partial charge in [0.25, 0.3) is 0 Å². The van der Waals surface area contributed by atoms with Crippen molar-refractivity contribution >= 4 is 29.0 Å². The van der Waals surface area contributed by atoms with E-state index in [4.69, 9.17) is 0 Å². The Hall–Kier alpha value is -1.20. The second-order valence-corrected chi connectivity index (χ2v) is 5.81. The number of carbonyl (C=O) groups excluding carboxylic acids is 1. The quantitative estimate of drug-likeness (QED) is 0.866. The van der Waals surface area contributed by atoms with Crippen LogP contribution in [0.15, 0.2) is 18.2 Å². The molecule has 2 rings (SSSR count). The van der Waals surface area contributed by atoms with Gasteiger partial charge in [-0.05, 0) is 32.4 Å². The summed E-state index contributed by atoms with van der Waals surface area (Å²) in [4.78, 5) is 14.0. The largest absolute Gasteiger partial charge is 0.371 e. The van der Waals surface area contributed by atoms with E-state index >= 15 is 0 Å². The molecule has 1 aromatic carbocycles. The first-order valence-corrected chi connectivity index (χ1v) is 7.81. The predicted octanol–water partition coefficient (Wildman–Crippen LogP) is 2.09. The normalized spacial score (nSPS) is 18.9. The molecule has 0 saturated carbocycles. The molecule has 5 heteroatoms. The summed E-state index contributed by atoms with van der Waals surface area (Å²) >= 11 is 1.84. The molecule has 0 saturated heterocycles. The van der Waals surface area contributed by atoms with E-state index in [-0.39, 0.29) is 11.9 Å². The molecule has 2 N–H and O–H groups in total. The van der Waals surface area contributed by atoms with Crippen LogP contribution in [0.4, 0.5) is 11.4 Å². The highest BCUT2D eigenvalue weighted by atomic mass is 32.2. The molecule has 2 atom stereocenters. The van der Waals surface area contributed by atoms with Crippen LogP contribution in [0.25, 0.3) is 0 Å². The molecule has 0 radical (unpaired) electrons. The van der Waals surface area contributed by atoms with Crippen molar-refractivity contribution in [2.75, 3.05) is 36.3 Å². The molecule has 1 aliphatic rings. The summed E-state index contributed by atoms with van der Waals surface area (Å²) in [6.45, 7) is 2.21. The lowest BCUT2D eigenvalue weighted by atomic mass is 10.1. The van der Waals surface area contributed by atoms with Gasteiger partial charge in [-0.3, -0.25) is 4.79 Å². The zero-order chi connectivity index (χ0) is 14.0. The van der Waals surface area contributed by atoms with Gasteiger partial charge in [-0.15, -0.1) is 0 Å². The molecule has 1 amide bonds. The number of hydrogen-bond acceptors (Lipinski definition) is 4. The van der Waals surface area contributed by atoms with Gasteiger partial charge in [-0.2, -0.15) is 11.8 Å². The third-order valence-electron chi connectivity index (χ3n) is 3.63. The van der Waals surface area contributed by atoms with Crippen LogP contribution < -0.4 is 15.5 Å². The molecule has 0 aliphatic carbocycles. The van der Waals surface area contributed by atoms with Crippen molar-refractivity contribution in [1.29, 1.82) is 0 Å². The zero-order valence-corrected chi connectivity index (χ0v) is 12.7. The van der Waals surface area contributed by atoms with Crippen molar-refractivity contribution in [1.82, 2.24) is 5.32 Å². The first-order valence-electron chi connectivity index (χ1n) is 6.42. The third kappa shape index (κ3) is 2.72. The van der Waals surface area contributed by atoms with Crippen LogP contribution in [0.1, 0.15) is 18.5 Å². The van der Waals surface area contributed by atoms with Crippen LogP contribution >= 0.6 is 11.8 Å². The summed E-state index contributed by atoms with van der Waals surface area (Å²) in [5, 5.41) is 5.96. The lowest BCUT2D eigenvalue weighted by Crippen LogP contribution is -2.30. The number of likely N-dealkylation sites (N-methyl/N-ethyl adjacent to an activating group) is 1. The number of thioether (sulfide) groups is 1. The topological polar surface area (TPSA) is 44.4 Å². The Morgan fingerprint density at radius 2 is 2.26 bits per heavy atom. The van der Waals surface area contributed by atoms with Gasteiger partial charge in [0.15, 0.2) is 0 Å². The van der Waals surface area contributed by atoms with E-state index in [1.165, 1.54) is 0 Å². The summed E-state index contributed by atoms with van der Waals surface area (Å²) in [5.41, 5.74) is 3.09. The van der Waals surface area contributed by atoms with E-state index in [1.54, 1.807) is 7.05 Å². The smallest absolute Gasteiger partial charge is 0.246 e. The predicted molar refractivity (Wildman–Crippen MR) is 83.1 cm³/mol. The molecular weight excluding hydrogens is 258 g/mol. The van der Waals surface area contributed by atoms with Crippen LogP contribution in [0, 0.1) is 0 Å². The summed E-state index contributed by atoms with van der Waals surface area (Å²) in [6.07, 6.45) is 2.12. The number of benzene rings is 1. The van der Waals surface area contributed by atoms with Crippen LogP contribution in [-0.2, 0) is 4.79 Å². The standard InChI is InChI=1S/C14H21N3OS/c1-9(8-19-4)17(3)10-5-6-11-12(7-10)16-14(18)13(11)15-2/h5-7,9,13,15H,8H2,1-4H3,(H,16,18). The molecule has 1 heterocycles. The number of rotatable bonds is 5. The average molecular weight is 279 g/mol. The van der Waals surface area contributed by atoms with Crippen molar-refractivity contribution in [3.8, 4) is 0 Å². The molecule has 104 valence electrons. The number of fused-ring (bicyclic) bond motifs is 1. The number of carbonyl (C=O) groups is 1. The molecule has 0 bridgehead atoms. The monoisotopic (exact) mass is 279 g/mol. The Morgan fingerprint density at radius 3 is 2.89 bits per heavy atom. The molecule has 1 aliphatic heterocycles. The van der Waals surface area contributed by atoms with Crippen molar-refractivity contribution in [3.05, 3.63) is 23.8 Å². The van der Waals surface area contributed by atoms with Crippen LogP contribution in [-0.4, -0.2) is 38.1 Å². The van der Waals surface area contributed by atoms with Gasteiger partial charge in [0, 0.05) is 35.8 Å². The van der Waals surface area contributed by atoms with Crippen molar-refractivity contribution in [2.24, 2.45) is 0 Å². The Balaban J connectivity index is 2.23. The highest BCUT2D eigenvalue weighted by Gasteiger charge is 2.29. The molecule has 2 unspecified atom stereocenters. The lowest BCUT2D eigenvalue weighted by Gasteiger charge is -2.27. The van der Waals surface area contributed by atoms with E-state index < -0.39 is 0 Å². The number of nitrogens with zero attached hydrogens (tertiary/aromatic N) is 1. The Labute approximate surface area is 118 Å². The first-order chi connectivity index (χ1) is 9.08. The molecule has 4 nitrogen and oxygen atoms in total. The highest BCUT2D eigenvalue weighted by molar-refractivity contribution is 7.98. The van der Waals surface area contributed by atoms with Gasteiger partial charge in [-0.25, -0.2) is 0 Å². The SMILES string of the molecule is CNC1C(=O)Nc2cc(N(C)C(C)CSC)ccc21. The van der Waals surface area contributed by atoms with Crippen molar-refractivity contribution in [2.45, 2.75) is 19.0 Å². The van der Waals surface area contributed by atoms with E-state index in [0.717, 1.165) is 22.7 Å². The summed E-state index contributed by atoms with van der Waals surface area (Å²) in [5.74, 6) is 1.11. The summed E-state index contributed by atoms with van der Waals surface area (Å²) in [6, 6.07) is 6.41. The number of amides is 1. The third-order valence-corrected chi connectivity index (χ3v) is 4.45. The van der Waals surface area contributed by atoms with Gasteiger partial charge in [0.1, 0.15) is 6.04 Å². The molecule has 19 heavy (non-hydrogen) atoms. The maximum absolute atomic E-state index is 11.8. The maximum Gasteiger partial charge on any atom is 0.246 e. The van der Waals surface area contributed by atoms with Crippen molar-refractivity contribution in [3.63, 3.8) is 0 Å². The molecule has 0 fully saturated rings. The van der Waals surface area contributed by atoms with Gasteiger partial charge >= 0.3 is 0 Å². The lowest BCUT2D eigenvalue weighted by molar-refractivity contribution is -0.117. The number of anilines is 2. The molecule has 1 aromatic rings. The maximum atomic E-state index is 11.8. The van der Waals surface area contributed by atoms with E-state index in [2.05, 4.69) is 47.9 Å². The highest BCUT2D eigenvalue weighted by Crippen LogP contribution is 2.34. The first kappa shape index (κ1) is 14.2. The summed E-state index contributed by atoms with van der Waals surface area (Å²) in [7, 11) is 3.90. The van der Waals surface area contributed by atoms with Gasteiger partial charge in [-0.1, -0.05) is 6.07 Å². The van der Waals surface area contributed by atoms with Crippen molar-refractivity contribution < 1.29 is 4.79 Å². The Morgan fingerprint density at radius 1 is 1.53 bits per heavy atom. The number of hydrogen-bond donors (Lipinski definition) is 2. The number of nitrogens with one attached hydrogen (secondary N) is 2. The van der Waals surface area contributed by atoms with Crippen LogP contribution in [0.2, 0.25) is 0 Å². The molecular formula is C14H21N3OS.